The van der Waals surface area contributed by atoms with Gasteiger partial charge in [0, 0.05) is 18.6 Å². The molecule has 0 atom stereocenters. The highest BCUT2D eigenvalue weighted by molar-refractivity contribution is 5.90. The maximum atomic E-state index is 12.6. The molecule has 0 saturated heterocycles. The summed E-state index contributed by atoms with van der Waals surface area (Å²) in [6, 6.07) is 10.5. The highest BCUT2D eigenvalue weighted by atomic mass is 16.6. The number of aromatic carboxylic acids is 2. The molecular formula is C29H26O12. The van der Waals surface area contributed by atoms with E-state index in [9.17, 15) is 34.2 Å². The molecule has 4 rings (SSSR count). The molecule has 0 radical (unpaired) electrons. The zero-order valence-corrected chi connectivity index (χ0v) is 21.9. The lowest BCUT2D eigenvalue weighted by Crippen LogP contribution is -2.31. The fourth-order valence-corrected chi connectivity index (χ4v) is 4.05. The van der Waals surface area contributed by atoms with Crippen molar-refractivity contribution in [3.8, 4) is 11.5 Å². The van der Waals surface area contributed by atoms with Crippen LogP contribution < -0.4 is 20.3 Å². The second-order valence-corrected chi connectivity index (χ2v) is 9.01. The van der Waals surface area contributed by atoms with Crippen molar-refractivity contribution in [1.82, 2.24) is 0 Å². The Morgan fingerprint density at radius 3 is 1.71 bits per heavy atom. The first-order valence-electron chi connectivity index (χ1n) is 12.7. The van der Waals surface area contributed by atoms with Crippen LogP contribution in [-0.2, 0) is 9.53 Å². The van der Waals surface area contributed by atoms with Gasteiger partial charge in [-0.25, -0.2) is 9.59 Å². The van der Waals surface area contributed by atoms with Crippen LogP contribution in [0.3, 0.4) is 0 Å². The molecular weight excluding hydrogens is 540 g/mol. The number of unbranched alkanes of at least 4 members (excludes halogenated alkanes) is 2. The third-order valence-corrected chi connectivity index (χ3v) is 5.99. The molecule has 0 spiro atoms. The molecule has 0 saturated carbocycles. The Hall–Kier alpha value is -5.13. The number of esters is 1. The van der Waals surface area contributed by atoms with Gasteiger partial charge in [0.1, 0.15) is 46.7 Å². The standard InChI is InChI=1S/C29H26O12/c1-2-3-4-11-25(32)39-16(14-37-19-7-5-9-21-26(19)17(30)12-23(40-21)28(33)34)15-38-20-8-6-10-22-27(20)18(31)13-24(41-22)29(35)36/h5-10,12-13,16H,2-4,11,14-15H2,1H3,(H,33,34)(H,35,36). The van der Waals surface area contributed by atoms with Gasteiger partial charge < -0.3 is 33.3 Å². The fraction of sp³-hybridized carbons (Fsp3) is 0.276. The molecule has 0 aliphatic heterocycles. The predicted molar refractivity (Wildman–Crippen MR) is 144 cm³/mol. The van der Waals surface area contributed by atoms with Crippen LogP contribution in [0.2, 0.25) is 0 Å². The number of carbonyl (C=O) groups excluding carboxylic acids is 1. The van der Waals surface area contributed by atoms with E-state index in [0.29, 0.717) is 6.42 Å². The van der Waals surface area contributed by atoms with E-state index in [-0.39, 0.29) is 53.1 Å². The summed E-state index contributed by atoms with van der Waals surface area (Å²) >= 11 is 0. The fourth-order valence-electron chi connectivity index (χ4n) is 4.05. The number of hydrogen-bond donors (Lipinski definition) is 2. The van der Waals surface area contributed by atoms with E-state index in [1.165, 1.54) is 36.4 Å². The molecule has 4 aromatic rings. The van der Waals surface area contributed by atoms with Crippen molar-refractivity contribution in [2.45, 2.75) is 38.7 Å². The monoisotopic (exact) mass is 566 g/mol. The van der Waals surface area contributed by atoms with Gasteiger partial charge in [0.05, 0.1) is 0 Å². The highest BCUT2D eigenvalue weighted by Crippen LogP contribution is 2.26. The number of carbonyl (C=O) groups is 3. The molecule has 0 fully saturated rings. The third kappa shape index (κ3) is 6.90. The van der Waals surface area contributed by atoms with Crippen LogP contribution in [-0.4, -0.2) is 47.4 Å². The minimum Gasteiger partial charge on any atom is -0.489 e. The summed E-state index contributed by atoms with van der Waals surface area (Å²) in [5, 5.41) is 18.4. The highest BCUT2D eigenvalue weighted by Gasteiger charge is 2.21. The summed E-state index contributed by atoms with van der Waals surface area (Å²) in [6.45, 7) is 1.47. The Balaban J connectivity index is 1.58. The lowest BCUT2D eigenvalue weighted by molar-refractivity contribution is -0.152. The Labute approximate surface area is 231 Å². The van der Waals surface area contributed by atoms with Crippen molar-refractivity contribution < 1.29 is 47.6 Å². The molecule has 12 heteroatoms. The Bertz CT molecular complexity index is 1600. The summed E-state index contributed by atoms with van der Waals surface area (Å²) in [7, 11) is 0. The zero-order chi connectivity index (χ0) is 29.5. The van der Waals surface area contributed by atoms with Gasteiger partial charge in [-0.2, -0.15) is 0 Å². The van der Waals surface area contributed by atoms with Crippen molar-refractivity contribution in [2.24, 2.45) is 0 Å². The SMILES string of the molecule is CCCCCC(=O)OC(COc1cccc2oc(C(=O)O)cc(=O)c12)COc1cccc2oc(C(=O)O)cc(=O)c12. The number of rotatable bonds is 13. The minimum absolute atomic E-state index is 0.0000267. The molecule has 2 heterocycles. The van der Waals surface area contributed by atoms with Crippen molar-refractivity contribution >= 4 is 39.8 Å². The molecule has 0 aliphatic rings. The summed E-state index contributed by atoms with van der Waals surface area (Å²) < 4.78 is 27.8. The Morgan fingerprint density at radius 1 is 0.780 bits per heavy atom. The lowest BCUT2D eigenvalue weighted by atomic mass is 10.2. The van der Waals surface area contributed by atoms with E-state index in [0.717, 1.165) is 25.0 Å². The first-order chi connectivity index (χ1) is 19.7. The molecule has 0 unspecified atom stereocenters. The molecule has 2 aromatic heterocycles. The molecule has 12 nitrogen and oxygen atoms in total. The van der Waals surface area contributed by atoms with Gasteiger partial charge >= 0.3 is 17.9 Å². The molecule has 0 bridgehead atoms. The number of carboxylic acids is 2. The van der Waals surface area contributed by atoms with Crippen molar-refractivity contribution in [1.29, 1.82) is 0 Å². The number of benzene rings is 2. The van der Waals surface area contributed by atoms with E-state index in [4.69, 9.17) is 23.0 Å². The largest absolute Gasteiger partial charge is 0.489 e. The van der Waals surface area contributed by atoms with Gasteiger partial charge in [0.15, 0.2) is 17.0 Å². The molecule has 214 valence electrons. The van der Waals surface area contributed by atoms with E-state index in [1.807, 2.05) is 6.92 Å². The first-order valence-corrected chi connectivity index (χ1v) is 12.7. The second-order valence-electron chi connectivity index (χ2n) is 9.01. The van der Waals surface area contributed by atoms with E-state index in [1.54, 1.807) is 0 Å². The van der Waals surface area contributed by atoms with Gasteiger partial charge in [-0.3, -0.25) is 14.4 Å². The van der Waals surface area contributed by atoms with Crippen LogP contribution in [0.1, 0.15) is 53.7 Å². The summed E-state index contributed by atoms with van der Waals surface area (Å²) in [5.74, 6) is -4.19. The van der Waals surface area contributed by atoms with Crippen molar-refractivity contribution in [2.75, 3.05) is 13.2 Å². The first kappa shape index (κ1) is 28.9. The molecule has 0 aliphatic carbocycles. The van der Waals surface area contributed by atoms with E-state index in [2.05, 4.69) is 0 Å². The average Bonchev–Trinajstić information content (AvgIpc) is 2.94. The number of fused-ring (bicyclic) bond motifs is 2. The quantitative estimate of drug-likeness (QED) is 0.174. The van der Waals surface area contributed by atoms with Crippen LogP contribution >= 0.6 is 0 Å². The molecule has 2 aromatic carbocycles. The van der Waals surface area contributed by atoms with Crippen LogP contribution in [0.15, 0.2) is 67.0 Å². The van der Waals surface area contributed by atoms with Gasteiger partial charge in [-0.1, -0.05) is 31.9 Å². The predicted octanol–water partition coefficient (Wildman–Crippen LogP) is 4.25. The molecule has 2 N–H and O–H groups in total. The van der Waals surface area contributed by atoms with Crippen LogP contribution in [0, 0.1) is 0 Å². The van der Waals surface area contributed by atoms with Crippen molar-refractivity contribution in [3.63, 3.8) is 0 Å². The Kier molecular flexibility index (Phi) is 9.02. The van der Waals surface area contributed by atoms with Gasteiger partial charge in [-0.05, 0) is 30.7 Å². The average molecular weight is 567 g/mol. The summed E-state index contributed by atoms with van der Waals surface area (Å²) in [4.78, 5) is 60.3. The maximum Gasteiger partial charge on any atom is 0.371 e. The van der Waals surface area contributed by atoms with E-state index < -0.39 is 46.4 Å². The minimum atomic E-state index is -1.40. The maximum absolute atomic E-state index is 12.6. The van der Waals surface area contributed by atoms with E-state index >= 15 is 0 Å². The normalized spacial score (nSPS) is 11.1. The van der Waals surface area contributed by atoms with Crippen LogP contribution in [0.4, 0.5) is 0 Å². The number of hydrogen-bond acceptors (Lipinski definition) is 10. The topological polar surface area (TPSA) is 180 Å². The van der Waals surface area contributed by atoms with Gasteiger partial charge in [0.2, 0.25) is 11.5 Å². The molecule has 0 amide bonds. The third-order valence-electron chi connectivity index (χ3n) is 5.99. The van der Waals surface area contributed by atoms with Crippen molar-refractivity contribution in [3.05, 3.63) is 80.5 Å². The second kappa shape index (κ2) is 12.8. The van der Waals surface area contributed by atoms with Crippen LogP contribution in [0.5, 0.6) is 11.5 Å². The smallest absolute Gasteiger partial charge is 0.371 e. The zero-order valence-electron chi connectivity index (χ0n) is 21.9. The van der Waals surface area contributed by atoms with Crippen LogP contribution in [0.25, 0.3) is 21.9 Å². The summed E-state index contributed by atoms with van der Waals surface area (Å²) in [6.07, 6.45) is 1.53. The molecule has 41 heavy (non-hydrogen) atoms. The number of ether oxygens (including phenoxy) is 3. The van der Waals surface area contributed by atoms with Gasteiger partial charge in [-0.15, -0.1) is 0 Å². The summed E-state index contributed by atoms with van der Waals surface area (Å²) in [5.41, 5.74) is -1.27. The Morgan fingerprint density at radius 2 is 1.27 bits per heavy atom. The lowest BCUT2D eigenvalue weighted by Gasteiger charge is -2.20. The number of carboxylic acid groups (broad SMARTS) is 2. The van der Waals surface area contributed by atoms with Gasteiger partial charge in [0.25, 0.3) is 0 Å².